The van der Waals surface area contributed by atoms with E-state index in [1.54, 1.807) is 18.2 Å². The summed E-state index contributed by atoms with van der Waals surface area (Å²) in [6.45, 7) is -0.219. The molecule has 28 heavy (non-hydrogen) atoms. The van der Waals surface area contributed by atoms with Crippen molar-refractivity contribution < 1.29 is 18.0 Å². The lowest BCUT2D eigenvalue weighted by molar-refractivity contribution is -0.117. The van der Waals surface area contributed by atoms with Gasteiger partial charge in [0.1, 0.15) is 24.4 Å². The van der Waals surface area contributed by atoms with E-state index in [1.807, 2.05) is 0 Å². The van der Waals surface area contributed by atoms with Crippen molar-refractivity contribution in [3.8, 4) is 0 Å². The molecule has 1 fully saturated rings. The highest BCUT2D eigenvalue weighted by Crippen LogP contribution is 2.40. The third-order valence-corrected chi connectivity index (χ3v) is 4.42. The Hall–Kier alpha value is -3.17. The summed E-state index contributed by atoms with van der Waals surface area (Å²) in [5.41, 5.74) is 0.737. The molecule has 1 aliphatic carbocycles. The molecule has 2 heterocycles. The zero-order valence-corrected chi connectivity index (χ0v) is 14.7. The molecule has 4 rings (SSSR count). The van der Waals surface area contributed by atoms with Crippen LogP contribution in [0.3, 0.4) is 0 Å². The first-order chi connectivity index (χ1) is 13.5. The fraction of sp³-hybridized carbons (Fsp3) is 0.333. The normalized spacial score (nSPS) is 13.9. The largest absolute Gasteiger partial charge is 0.292 e. The topological polar surface area (TPSA) is 77.6 Å². The first-order valence-corrected chi connectivity index (χ1v) is 8.78. The second kappa shape index (κ2) is 7.45. The Morgan fingerprint density at radius 1 is 1.25 bits per heavy atom. The van der Waals surface area contributed by atoms with Gasteiger partial charge in [0.2, 0.25) is 11.9 Å². The predicted molar refractivity (Wildman–Crippen MR) is 93.3 cm³/mol. The van der Waals surface area contributed by atoms with Crippen LogP contribution in [0, 0.1) is 5.82 Å². The van der Waals surface area contributed by atoms with Gasteiger partial charge >= 0.3 is 0 Å². The molecular weight excluding hydrogens is 373 g/mol. The number of anilines is 1. The number of rotatable bonds is 7. The lowest BCUT2D eigenvalue weighted by Gasteiger charge is -2.06. The van der Waals surface area contributed by atoms with Gasteiger partial charge in [0.15, 0.2) is 0 Å². The molecule has 146 valence electrons. The molecule has 1 saturated carbocycles. The summed E-state index contributed by atoms with van der Waals surface area (Å²) in [6.07, 6.45) is 0.488. The van der Waals surface area contributed by atoms with Crippen molar-refractivity contribution in [2.45, 2.75) is 38.3 Å². The minimum atomic E-state index is -2.72. The second-order valence-corrected chi connectivity index (χ2v) is 6.63. The van der Waals surface area contributed by atoms with E-state index in [9.17, 15) is 18.0 Å². The molecule has 0 aliphatic heterocycles. The monoisotopic (exact) mass is 390 g/mol. The summed E-state index contributed by atoms with van der Waals surface area (Å²) in [5.74, 6) is -0.726. The maximum Gasteiger partial charge on any atom is 0.280 e. The molecule has 0 radical (unpaired) electrons. The van der Waals surface area contributed by atoms with Gasteiger partial charge in [-0.1, -0.05) is 18.2 Å². The van der Waals surface area contributed by atoms with Crippen LogP contribution >= 0.6 is 0 Å². The molecule has 0 saturated heterocycles. The summed E-state index contributed by atoms with van der Waals surface area (Å²) in [4.78, 5) is 16.2. The summed E-state index contributed by atoms with van der Waals surface area (Å²) in [6, 6.07) is 7.62. The van der Waals surface area contributed by atoms with Gasteiger partial charge in [-0.3, -0.25) is 14.8 Å². The number of carbonyl (C=O) groups excluding carboxylic acids is 1. The van der Waals surface area contributed by atoms with Crippen LogP contribution in [0.25, 0.3) is 0 Å². The van der Waals surface area contributed by atoms with Crippen LogP contribution in [-0.4, -0.2) is 30.5 Å². The Labute approximate surface area is 158 Å². The zero-order chi connectivity index (χ0) is 19.7. The molecule has 0 atom stereocenters. The fourth-order valence-electron chi connectivity index (χ4n) is 2.86. The number of alkyl halides is 2. The van der Waals surface area contributed by atoms with Gasteiger partial charge < -0.3 is 0 Å². The maximum absolute atomic E-state index is 13.7. The first kappa shape index (κ1) is 18.2. The number of halogens is 3. The van der Waals surface area contributed by atoms with E-state index in [2.05, 4.69) is 20.5 Å². The maximum atomic E-state index is 13.7. The second-order valence-electron chi connectivity index (χ2n) is 6.63. The molecule has 0 unspecified atom stereocenters. The van der Waals surface area contributed by atoms with Gasteiger partial charge in [-0.2, -0.15) is 5.10 Å². The van der Waals surface area contributed by atoms with E-state index in [-0.39, 0.29) is 36.5 Å². The van der Waals surface area contributed by atoms with Gasteiger partial charge in [-0.25, -0.2) is 22.8 Å². The first-order valence-electron chi connectivity index (χ1n) is 8.78. The quantitative estimate of drug-likeness (QED) is 0.673. The summed E-state index contributed by atoms with van der Waals surface area (Å²) >= 11 is 0. The SMILES string of the molecule is O=C(Cn1nc(C2CC2)cc1C(F)F)Nc1ncn(Cc2ccccc2F)n1. The smallest absolute Gasteiger partial charge is 0.280 e. The molecule has 1 N–H and O–H groups in total. The Balaban J connectivity index is 1.41. The van der Waals surface area contributed by atoms with Crippen LogP contribution in [0.1, 0.15) is 42.1 Å². The van der Waals surface area contributed by atoms with Crippen LogP contribution < -0.4 is 5.32 Å². The third kappa shape index (κ3) is 4.05. The highest BCUT2D eigenvalue weighted by molar-refractivity contribution is 5.88. The molecular formula is C18H17F3N6O. The number of amides is 1. The van der Waals surface area contributed by atoms with Crippen LogP contribution in [0.5, 0.6) is 0 Å². The molecule has 2 aromatic heterocycles. The molecule has 1 aliphatic rings. The lowest BCUT2D eigenvalue weighted by atomic mass is 10.2. The van der Waals surface area contributed by atoms with Crippen molar-refractivity contribution in [2.75, 3.05) is 5.32 Å². The van der Waals surface area contributed by atoms with E-state index in [4.69, 9.17) is 0 Å². The Morgan fingerprint density at radius 2 is 2.04 bits per heavy atom. The van der Waals surface area contributed by atoms with Gasteiger partial charge in [0, 0.05) is 11.5 Å². The Kier molecular flexibility index (Phi) is 4.84. The summed E-state index contributed by atoms with van der Waals surface area (Å²) in [7, 11) is 0. The molecule has 1 aromatic carbocycles. The average molecular weight is 390 g/mol. The fourth-order valence-corrected chi connectivity index (χ4v) is 2.86. The number of carbonyl (C=O) groups is 1. The number of aromatic nitrogens is 5. The van der Waals surface area contributed by atoms with Crippen molar-refractivity contribution in [3.63, 3.8) is 0 Å². The highest BCUT2D eigenvalue weighted by atomic mass is 19.3. The zero-order valence-electron chi connectivity index (χ0n) is 14.7. The Bertz CT molecular complexity index is 995. The van der Waals surface area contributed by atoms with Crippen LogP contribution in [-0.2, 0) is 17.9 Å². The molecule has 10 heteroatoms. The van der Waals surface area contributed by atoms with E-state index < -0.39 is 12.3 Å². The molecule has 0 spiro atoms. The molecule has 3 aromatic rings. The van der Waals surface area contributed by atoms with Crippen molar-refractivity contribution in [1.82, 2.24) is 24.5 Å². The number of nitrogens with zero attached hydrogens (tertiary/aromatic N) is 5. The molecule has 7 nitrogen and oxygen atoms in total. The van der Waals surface area contributed by atoms with Crippen LogP contribution in [0.4, 0.5) is 19.1 Å². The van der Waals surface area contributed by atoms with Crippen molar-refractivity contribution in [1.29, 1.82) is 0 Å². The lowest BCUT2D eigenvalue weighted by Crippen LogP contribution is -2.22. The number of hydrogen-bond donors (Lipinski definition) is 1. The van der Waals surface area contributed by atoms with E-state index >= 15 is 0 Å². The minimum absolute atomic E-state index is 0.00880. The Morgan fingerprint density at radius 3 is 2.75 bits per heavy atom. The van der Waals surface area contributed by atoms with Gasteiger partial charge in [0.25, 0.3) is 6.43 Å². The third-order valence-electron chi connectivity index (χ3n) is 4.42. The average Bonchev–Trinajstić information content (AvgIpc) is 3.28. The highest BCUT2D eigenvalue weighted by Gasteiger charge is 2.29. The van der Waals surface area contributed by atoms with Gasteiger partial charge in [-0.05, 0) is 25.0 Å². The minimum Gasteiger partial charge on any atom is -0.292 e. The molecule has 1 amide bonds. The van der Waals surface area contributed by atoms with E-state index in [0.29, 0.717) is 11.3 Å². The van der Waals surface area contributed by atoms with E-state index in [0.717, 1.165) is 17.5 Å². The van der Waals surface area contributed by atoms with Crippen molar-refractivity contribution in [2.24, 2.45) is 0 Å². The van der Waals surface area contributed by atoms with Crippen LogP contribution in [0.2, 0.25) is 0 Å². The van der Waals surface area contributed by atoms with Gasteiger partial charge in [-0.15, -0.1) is 5.10 Å². The van der Waals surface area contributed by atoms with E-state index in [1.165, 1.54) is 23.1 Å². The number of nitrogens with one attached hydrogen (secondary N) is 1. The standard InChI is InChI=1S/C18H17F3N6O/c19-13-4-2-1-3-12(13)8-26-10-22-18(25-26)23-16(28)9-27-15(17(20)21)7-14(24-27)11-5-6-11/h1-4,7,10-11,17H,5-6,8-9H2,(H,23,25,28). The number of hydrogen-bond acceptors (Lipinski definition) is 4. The number of benzene rings is 1. The predicted octanol–water partition coefficient (Wildman–Crippen LogP) is 3.12. The summed E-state index contributed by atoms with van der Waals surface area (Å²) < 4.78 is 42.5. The molecule has 0 bridgehead atoms. The summed E-state index contributed by atoms with van der Waals surface area (Å²) in [5, 5.41) is 10.6. The van der Waals surface area contributed by atoms with Crippen LogP contribution in [0.15, 0.2) is 36.7 Å². The van der Waals surface area contributed by atoms with Gasteiger partial charge in [0.05, 0.1) is 12.2 Å². The van der Waals surface area contributed by atoms with Crippen molar-refractivity contribution >= 4 is 11.9 Å². The van der Waals surface area contributed by atoms with Crippen molar-refractivity contribution in [3.05, 3.63) is 59.4 Å².